The topological polar surface area (TPSA) is 18.5 Å². The van der Waals surface area contributed by atoms with E-state index in [-0.39, 0.29) is 0 Å². The molecule has 0 unspecified atom stereocenters. The average molecular weight is 200 g/mol. The van der Waals surface area contributed by atoms with Crippen molar-refractivity contribution in [2.75, 3.05) is 14.2 Å². The molecule has 0 radical (unpaired) electrons. The summed E-state index contributed by atoms with van der Waals surface area (Å²) in [4.78, 5) is 0. The van der Waals surface area contributed by atoms with Gasteiger partial charge in [-0.25, -0.2) is 0 Å². The SMILES string of the molecule is CO[Si](OC)(C1CCC1)C1CCC1. The standard InChI is InChI=1S/C10H20O2Si/c1-11-13(12-2,9-5-3-6-9)10-7-4-8-10/h9-10H,3-8H2,1-2H3. The molecule has 2 saturated carbocycles. The summed E-state index contributed by atoms with van der Waals surface area (Å²) < 4.78 is 11.6. The fourth-order valence-corrected chi connectivity index (χ4v) is 7.30. The van der Waals surface area contributed by atoms with Crippen LogP contribution in [0.2, 0.25) is 11.1 Å². The largest absolute Gasteiger partial charge is 0.397 e. The first-order valence-electron chi connectivity index (χ1n) is 5.44. The van der Waals surface area contributed by atoms with Crippen molar-refractivity contribution in [1.82, 2.24) is 0 Å². The number of rotatable bonds is 4. The van der Waals surface area contributed by atoms with E-state index in [0.717, 1.165) is 11.1 Å². The molecule has 0 bridgehead atoms. The van der Waals surface area contributed by atoms with Gasteiger partial charge in [-0.1, -0.05) is 12.8 Å². The van der Waals surface area contributed by atoms with Crippen molar-refractivity contribution in [3.63, 3.8) is 0 Å². The lowest BCUT2D eigenvalue weighted by atomic mass is 9.98. The Morgan fingerprint density at radius 1 is 0.846 bits per heavy atom. The van der Waals surface area contributed by atoms with Crippen molar-refractivity contribution < 1.29 is 8.85 Å². The van der Waals surface area contributed by atoms with Gasteiger partial charge < -0.3 is 8.85 Å². The first-order chi connectivity index (χ1) is 6.33. The van der Waals surface area contributed by atoms with Crippen LogP contribution >= 0.6 is 0 Å². The van der Waals surface area contributed by atoms with Crippen molar-refractivity contribution >= 4 is 8.56 Å². The zero-order valence-electron chi connectivity index (χ0n) is 8.71. The van der Waals surface area contributed by atoms with Crippen molar-refractivity contribution in [3.05, 3.63) is 0 Å². The lowest BCUT2D eigenvalue weighted by molar-refractivity contribution is 0.178. The van der Waals surface area contributed by atoms with Crippen molar-refractivity contribution in [2.24, 2.45) is 0 Å². The van der Waals surface area contributed by atoms with Crippen LogP contribution in [0.5, 0.6) is 0 Å². The maximum absolute atomic E-state index is 5.81. The Morgan fingerprint density at radius 3 is 1.38 bits per heavy atom. The second kappa shape index (κ2) is 3.71. The van der Waals surface area contributed by atoms with E-state index < -0.39 is 8.56 Å². The monoisotopic (exact) mass is 200 g/mol. The maximum Gasteiger partial charge on any atom is 0.344 e. The number of hydrogen-bond acceptors (Lipinski definition) is 2. The molecule has 2 rings (SSSR count). The van der Waals surface area contributed by atoms with Crippen LogP contribution in [0.1, 0.15) is 38.5 Å². The molecule has 2 aliphatic carbocycles. The van der Waals surface area contributed by atoms with Gasteiger partial charge in [0.2, 0.25) is 0 Å². The zero-order valence-corrected chi connectivity index (χ0v) is 9.71. The molecule has 2 nitrogen and oxygen atoms in total. The van der Waals surface area contributed by atoms with Crippen LogP contribution in [0, 0.1) is 0 Å². The Balaban J connectivity index is 2.06. The first kappa shape index (κ1) is 9.68. The smallest absolute Gasteiger partial charge is 0.344 e. The lowest BCUT2D eigenvalue weighted by Crippen LogP contribution is -2.53. The van der Waals surface area contributed by atoms with E-state index in [1.54, 1.807) is 0 Å². The van der Waals surface area contributed by atoms with Crippen LogP contribution in [-0.2, 0) is 8.85 Å². The molecular weight excluding hydrogens is 180 g/mol. The summed E-state index contributed by atoms with van der Waals surface area (Å²) in [7, 11) is 1.96. The Kier molecular flexibility index (Phi) is 2.77. The van der Waals surface area contributed by atoms with Gasteiger partial charge in [-0.15, -0.1) is 0 Å². The van der Waals surface area contributed by atoms with Crippen LogP contribution in [0.25, 0.3) is 0 Å². The third kappa shape index (κ3) is 1.37. The van der Waals surface area contributed by atoms with Gasteiger partial charge in [0.15, 0.2) is 0 Å². The Labute approximate surface area is 81.9 Å². The summed E-state index contributed by atoms with van der Waals surface area (Å²) in [6.45, 7) is 0. The highest BCUT2D eigenvalue weighted by Crippen LogP contribution is 2.53. The first-order valence-corrected chi connectivity index (χ1v) is 7.41. The Morgan fingerprint density at radius 2 is 1.23 bits per heavy atom. The molecule has 3 heteroatoms. The van der Waals surface area contributed by atoms with E-state index in [4.69, 9.17) is 8.85 Å². The van der Waals surface area contributed by atoms with Gasteiger partial charge in [-0.2, -0.15) is 0 Å². The van der Waals surface area contributed by atoms with Crippen molar-refractivity contribution in [2.45, 2.75) is 49.6 Å². The average Bonchev–Trinajstić information content (AvgIpc) is 1.96. The highest BCUT2D eigenvalue weighted by atomic mass is 28.4. The zero-order chi connectivity index (χ0) is 9.31. The third-order valence-electron chi connectivity index (χ3n) is 3.99. The number of hydrogen-bond donors (Lipinski definition) is 0. The van der Waals surface area contributed by atoms with E-state index in [1.807, 2.05) is 14.2 Å². The van der Waals surface area contributed by atoms with Gasteiger partial charge in [-0.3, -0.25) is 0 Å². The summed E-state index contributed by atoms with van der Waals surface area (Å²) in [5.74, 6) is 0. The summed E-state index contributed by atoms with van der Waals surface area (Å²) in [6, 6.07) is 0. The molecule has 2 aliphatic rings. The van der Waals surface area contributed by atoms with E-state index >= 15 is 0 Å². The van der Waals surface area contributed by atoms with Crippen molar-refractivity contribution in [1.29, 1.82) is 0 Å². The van der Waals surface area contributed by atoms with E-state index in [1.165, 1.54) is 38.5 Å². The molecule has 0 aromatic carbocycles. The molecule has 0 spiro atoms. The second-order valence-electron chi connectivity index (χ2n) is 4.39. The van der Waals surface area contributed by atoms with Gasteiger partial charge in [0, 0.05) is 25.3 Å². The molecule has 0 N–H and O–H groups in total. The normalized spacial score (nSPS) is 25.4. The van der Waals surface area contributed by atoms with Gasteiger partial charge in [-0.05, 0) is 25.7 Å². The molecular formula is C10H20O2Si. The Hall–Kier alpha value is 0.137. The van der Waals surface area contributed by atoms with Crippen LogP contribution in [0.3, 0.4) is 0 Å². The second-order valence-corrected chi connectivity index (χ2v) is 8.28. The van der Waals surface area contributed by atoms with E-state index in [9.17, 15) is 0 Å². The van der Waals surface area contributed by atoms with E-state index in [0.29, 0.717) is 0 Å². The minimum Gasteiger partial charge on any atom is -0.397 e. The van der Waals surface area contributed by atoms with Gasteiger partial charge in [0.25, 0.3) is 0 Å². The summed E-state index contributed by atoms with van der Waals surface area (Å²) in [5.41, 5.74) is 1.60. The molecule has 0 saturated heterocycles. The molecule has 0 atom stereocenters. The molecule has 0 aromatic rings. The molecule has 13 heavy (non-hydrogen) atoms. The van der Waals surface area contributed by atoms with Crippen LogP contribution in [-0.4, -0.2) is 22.8 Å². The van der Waals surface area contributed by atoms with Gasteiger partial charge >= 0.3 is 8.56 Å². The van der Waals surface area contributed by atoms with Gasteiger partial charge in [0.05, 0.1) is 0 Å². The molecule has 0 amide bonds. The minimum atomic E-state index is -1.78. The van der Waals surface area contributed by atoms with Gasteiger partial charge in [0.1, 0.15) is 0 Å². The van der Waals surface area contributed by atoms with Crippen LogP contribution in [0.4, 0.5) is 0 Å². The van der Waals surface area contributed by atoms with Crippen LogP contribution in [0.15, 0.2) is 0 Å². The Bertz CT molecular complexity index is 156. The summed E-state index contributed by atoms with van der Waals surface area (Å²) in [5, 5.41) is 0. The van der Waals surface area contributed by atoms with Crippen LogP contribution < -0.4 is 0 Å². The quantitative estimate of drug-likeness (QED) is 0.650. The predicted octanol–water partition coefficient (Wildman–Crippen LogP) is 2.83. The van der Waals surface area contributed by atoms with Crippen molar-refractivity contribution in [3.8, 4) is 0 Å². The maximum atomic E-state index is 5.81. The fourth-order valence-electron chi connectivity index (χ4n) is 2.70. The predicted molar refractivity (Wildman–Crippen MR) is 55.0 cm³/mol. The molecule has 0 heterocycles. The summed E-state index contributed by atoms with van der Waals surface area (Å²) >= 11 is 0. The molecule has 76 valence electrons. The lowest BCUT2D eigenvalue weighted by Gasteiger charge is -2.47. The third-order valence-corrected chi connectivity index (χ3v) is 8.69. The fraction of sp³-hybridized carbons (Fsp3) is 1.00. The highest BCUT2D eigenvalue weighted by Gasteiger charge is 2.54. The van der Waals surface area contributed by atoms with E-state index in [2.05, 4.69) is 0 Å². The molecule has 2 fully saturated rings. The molecule has 0 aliphatic heterocycles. The minimum absolute atomic E-state index is 0.799. The molecule has 0 aromatic heterocycles. The highest BCUT2D eigenvalue weighted by molar-refractivity contribution is 6.70. The summed E-state index contributed by atoms with van der Waals surface area (Å²) in [6.07, 6.45) is 8.18.